The third-order valence-electron chi connectivity index (χ3n) is 3.06. The second-order valence-corrected chi connectivity index (χ2v) is 7.55. The predicted molar refractivity (Wildman–Crippen MR) is 71.9 cm³/mol. The van der Waals surface area contributed by atoms with Crippen molar-refractivity contribution in [1.29, 1.82) is 0 Å². The number of hydrogen-bond donors (Lipinski definition) is 0. The highest BCUT2D eigenvalue weighted by Crippen LogP contribution is 2.25. The van der Waals surface area contributed by atoms with Gasteiger partial charge in [-0.1, -0.05) is 23.2 Å². The van der Waals surface area contributed by atoms with Crippen LogP contribution in [-0.2, 0) is 21.1 Å². The number of halogens is 2. The van der Waals surface area contributed by atoms with Crippen LogP contribution in [0, 0.1) is 5.92 Å². The average Bonchev–Trinajstić information content (AvgIpc) is 2.64. The second kappa shape index (κ2) is 5.19. The Morgan fingerprint density at radius 3 is 2.67 bits per heavy atom. The molecule has 0 aromatic heterocycles. The van der Waals surface area contributed by atoms with Gasteiger partial charge in [-0.3, -0.25) is 4.79 Å². The summed E-state index contributed by atoms with van der Waals surface area (Å²) in [6.45, 7) is 0. The minimum Gasteiger partial charge on any atom is -0.299 e. The van der Waals surface area contributed by atoms with Crippen LogP contribution in [-0.4, -0.2) is 25.7 Å². The Bertz CT molecular complexity index is 581. The zero-order valence-corrected chi connectivity index (χ0v) is 11.9. The molecule has 0 amide bonds. The molecule has 1 aromatic rings. The van der Waals surface area contributed by atoms with Gasteiger partial charge in [0.25, 0.3) is 0 Å². The minimum atomic E-state index is -3.03. The SMILES string of the molecule is O=C(Cc1cc(Cl)ccc1Cl)C1CCS(=O)(=O)C1. The summed E-state index contributed by atoms with van der Waals surface area (Å²) in [5, 5.41) is 0.995. The molecule has 1 saturated heterocycles. The topological polar surface area (TPSA) is 51.2 Å². The molecule has 1 heterocycles. The van der Waals surface area contributed by atoms with E-state index >= 15 is 0 Å². The van der Waals surface area contributed by atoms with Crippen molar-refractivity contribution >= 4 is 38.8 Å². The standard InChI is InChI=1S/C12H12Cl2O3S/c13-10-1-2-11(14)9(5-10)6-12(15)8-3-4-18(16,17)7-8/h1-2,5,8H,3-4,6-7H2. The van der Waals surface area contributed by atoms with Crippen molar-refractivity contribution in [2.45, 2.75) is 12.8 Å². The van der Waals surface area contributed by atoms with Gasteiger partial charge in [-0.25, -0.2) is 8.42 Å². The van der Waals surface area contributed by atoms with Crippen LogP contribution >= 0.6 is 23.2 Å². The number of sulfone groups is 1. The van der Waals surface area contributed by atoms with Crippen LogP contribution in [0.3, 0.4) is 0 Å². The maximum atomic E-state index is 12.0. The molecule has 1 fully saturated rings. The van der Waals surface area contributed by atoms with Crippen LogP contribution in [0.25, 0.3) is 0 Å². The predicted octanol–water partition coefficient (Wildman–Crippen LogP) is 2.54. The number of carbonyl (C=O) groups excluding carboxylic acids is 1. The van der Waals surface area contributed by atoms with Crippen LogP contribution < -0.4 is 0 Å². The lowest BCUT2D eigenvalue weighted by Gasteiger charge is -2.08. The van der Waals surface area contributed by atoms with Crippen molar-refractivity contribution in [3.63, 3.8) is 0 Å². The molecule has 1 aliphatic heterocycles. The summed E-state index contributed by atoms with van der Waals surface area (Å²) in [4.78, 5) is 12.0. The molecular formula is C12H12Cl2O3S. The van der Waals surface area contributed by atoms with Crippen LogP contribution in [0.1, 0.15) is 12.0 Å². The third kappa shape index (κ3) is 3.25. The Labute approximate surface area is 116 Å². The summed E-state index contributed by atoms with van der Waals surface area (Å²) in [7, 11) is -3.03. The number of rotatable bonds is 3. The largest absolute Gasteiger partial charge is 0.299 e. The summed E-state index contributed by atoms with van der Waals surface area (Å²) in [6, 6.07) is 4.93. The fourth-order valence-electron chi connectivity index (χ4n) is 2.06. The van der Waals surface area contributed by atoms with E-state index in [0.29, 0.717) is 22.0 Å². The quantitative estimate of drug-likeness (QED) is 0.862. The fourth-order valence-corrected chi connectivity index (χ4v) is 4.21. The Balaban J connectivity index is 2.10. The second-order valence-electron chi connectivity index (χ2n) is 4.48. The van der Waals surface area contributed by atoms with Gasteiger partial charge in [0, 0.05) is 22.4 Å². The Morgan fingerprint density at radius 1 is 1.33 bits per heavy atom. The monoisotopic (exact) mass is 306 g/mol. The summed E-state index contributed by atoms with van der Waals surface area (Å²) >= 11 is 11.8. The first-order valence-electron chi connectivity index (χ1n) is 5.54. The summed E-state index contributed by atoms with van der Waals surface area (Å²) in [6.07, 6.45) is 0.554. The van der Waals surface area contributed by atoms with Crippen molar-refractivity contribution < 1.29 is 13.2 Å². The van der Waals surface area contributed by atoms with Gasteiger partial charge in [0.2, 0.25) is 0 Å². The van der Waals surface area contributed by atoms with Crippen molar-refractivity contribution in [2.24, 2.45) is 5.92 Å². The molecule has 6 heteroatoms. The summed E-state index contributed by atoms with van der Waals surface area (Å²) in [5.74, 6) is -0.415. The van der Waals surface area contributed by atoms with E-state index in [-0.39, 0.29) is 23.7 Å². The van der Waals surface area contributed by atoms with Crippen molar-refractivity contribution in [3.05, 3.63) is 33.8 Å². The number of carbonyl (C=O) groups is 1. The van der Waals surface area contributed by atoms with Crippen LogP contribution in [0.15, 0.2) is 18.2 Å². The van der Waals surface area contributed by atoms with Crippen LogP contribution in [0.5, 0.6) is 0 Å². The molecule has 1 aliphatic rings. The van der Waals surface area contributed by atoms with Crippen LogP contribution in [0.2, 0.25) is 10.0 Å². The molecule has 0 spiro atoms. The normalized spacial score (nSPS) is 22.0. The van der Waals surface area contributed by atoms with Gasteiger partial charge in [-0.2, -0.15) is 0 Å². The highest BCUT2D eigenvalue weighted by Gasteiger charge is 2.32. The lowest BCUT2D eigenvalue weighted by molar-refractivity contribution is -0.121. The lowest BCUT2D eigenvalue weighted by Crippen LogP contribution is -2.18. The molecule has 2 rings (SSSR count). The van der Waals surface area contributed by atoms with Crippen LogP contribution in [0.4, 0.5) is 0 Å². The number of hydrogen-bond acceptors (Lipinski definition) is 3. The molecule has 1 aromatic carbocycles. The molecule has 1 atom stereocenters. The van der Waals surface area contributed by atoms with Crippen molar-refractivity contribution in [3.8, 4) is 0 Å². The molecule has 3 nitrogen and oxygen atoms in total. The number of benzene rings is 1. The van der Waals surface area contributed by atoms with Gasteiger partial charge in [-0.15, -0.1) is 0 Å². The van der Waals surface area contributed by atoms with E-state index in [1.807, 2.05) is 0 Å². The molecule has 0 aliphatic carbocycles. The smallest absolute Gasteiger partial charge is 0.151 e. The maximum Gasteiger partial charge on any atom is 0.151 e. The first-order chi connectivity index (χ1) is 8.37. The van der Waals surface area contributed by atoms with E-state index in [1.165, 1.54) is 0 Å². The first kappa shape index (κ1) is 13.8. The zero-order valence-electron chi connectivity index (χ0n) is 9.53. The summed E-state index contributed by atoms with van der Waals surface area (Å²) < 4.78 is 22.6. The average molecular weight is 307 g/mol. The number of ketones is 1. The molecule has 0 N–H and O–H groups in total. The van der Waals surface area contributed by atoms with E-state index < -0.39 is 15.8 Å². The maximum absolute atomic E-state index is 12.0. The zero-order chi connectivity index (χ0) is 13.3. The Hall–Kier alpha value is -0.580. The Morgan fingerprint density at radius 2 is 2.06 bits per heavy atom. The summed E-state index contributed by atoms with van der Waals surface area (Å²) in [5.41, 5.74) is 0.651. The molecular weight excluding hydrogens is 295 g/mol. The molecule has 0 radical (unpaired) electrons. The molecule has 0 bridgehead atoms. The molecule has 18 heavy (non-hydrogen) atoms. The van der Waals surface area contributed by atoms with Crippen molar-refractivity contribution in [2.75, 3.05) is 11.5 Å². The minimum absolute atomic E-state index is 0.0377. The van der Waals surface area contributed by atoms with Gasteiger partial charge in [0.05, 0.1) is 11.5 Å². The van der Waals surface area contributed by atoms with E-state index in [9.17, 15) is 13.2 Å². The Kier molecular flexibility index (Phi) is 3.99. The molecule has 1 unspecified atom stereocenters. The molecule has 98 valence electrons. The van der Waals surface area contributed by atoms with E-state index in [4.69, 9.17) is 23.2 Å². The molecule has 0 saturated carbocycles. The van der Waals surface area contributed by atoms with Gasteiger partial charge in [-0.05, 0) is 30.2 Å². The van der Waals surface area contributed by atoms with E-state index in [2.05, 4.69) is 0 Å². The van der Waals surface area contributed by atoms with Gasteiger partial charge in [0.15, 0.2) is 9.84 Å². The lowest BCUT2D eigenvalue weighted by atomic mass is 9.97. The first-order valence-corrected chi connectivity index (χ1v) is 8.12. The fraction of sp³-hybridized carbons (Fsp3) is 0.417. The van der Waals surface area contributed by atoms with E-state index in [1.54, 1.807) is 18.2 Å². The highest BCUT2D eigenvalue weighted by molar-refractivity contribution is 7.91. The van der Waals surface area contributed by atoms with Gasteiger partial charge in [0.1, 0.15) is 5.78 Å². The van der Waals surface area contributed by atoms with Gasteiger partial charge < -0.3 is 0 Å². The van der Waals surface area contributed by atoms with Gasteiger partial charge >= 0.3 is 0 Å². The number of Topliss-reactive ketones (excluding diaryl/α,β-unsaturated/α-hetero) is 1. The third-order valence-corrected chi connectivity index (χ3v) is 5.43. The van der Waals surface area contributed by atoms with E-state index in [0.717, 1.165) is 0 Å². The highest BCUT2D eigenvalue weighted by atomic mass is 35.5. The van der Waals surface area contributed by atoms with Crippen molar-refractivity contribution in [1.82, 2.24) is 0 Å².